The summed E-state index contributed by atoms with van der Waals surface area (Å²) in [6.07, 6.45) is 8.54. The molecule has 240 valence electrons. The molecule has 0 heterocycles. The van der Waals surface area contributed by atoms with Crippen LogP contribution in [0.3, 0.4) is 0 Å². The van der Waals surface area contributed by atoms with Crippen LogP contribution in [-0.2, 0) is 0 Å². The second-order valence-corrected chi connectivity index (χ2v) is 11.4. The molecule has 4 aromatic rings. The van der Waals surface area contributed by atoms with Crippen molar-refractivity contribution in [3.8, 4) is 45.3 Å². The van der Waals surface area contributed by atoms with Gasteiger partial charge in [-0.2, -0.15) is 0 Å². The maximum Gasteiger partial charge on any atom is 0.130 e. The number of unbranched alkanes of at least 4 members (excludes halogenated alkanes) is 4. The molecule has 4 rings (SSSR count). The van der Waals surface area contributed by atoms with Gasteiger partial charge in [-0.05, 0) is 85.3 Å². The minimum Gasteiger partial charge on any atom is -0.493 e. The summed E-state index contributed by atoms with van der Waals surface area (Å²) in [6.45, 7) is 11.5. The van der Waals surface area contributed by atoms with E-state index in [2.05, 4.69) is 93.7 Å². The molecule has 0 saturated carbocycles. The van der Waals surface area contributed by atoms with Crippen molar-refractivity contribution in [2.24, 2.45) is 0 Å². The van der Waals surface area contributed by atoms with Crippen molar-refractivity contribution in [1.82, 2.24) is 0 Å². The van der Waals surface area contributed by atoms with Crippen molar-refractivity contribution in [2.45, 2.75) is 79.1 Å². The average molecular weight is 610 g/mol. The third kappa shape index (κ3) is 10.5. The predicted octanol–water partition coefficient (Wildman–Crippen LogP) is 11.5. The zero-order chi connectivity index (χ0) is 31.7. The van der Waals surface area contributed by atoms with Crippen LogP contribution in [-0.4, -0.2) is 26.4 Å². The van der Waals surface area contributed by atoms with Gasteiger partial charge in [-0.1, -0.05) is 77.6 Å². The second-order valence-electron chi connectivity index (χ2n) is 11.4. The number of hydrogen-bond donors (Lipinski definition) is 1. The van der Waals surface area contributed by atoms with Crippen LogP contribution in [0.4, 0.5) is 11.4 Å². The van der Waals surface area contributed by atoms with Crippen LogP contribution in [0.25, 0.3) is 22.3 Å². The van der Waals surface area contributed by atoms with Crippen LogP contribution in [0.5, 0.6) is 23.0 Å². The molecule has 0 atom stereocenters. The maximum absolute atomic E-state index is 6.21. The molecule has 0 radical (unpaired) electrons. The van der Waals surface area contributed by atoms with Crippen molar-refractivity contribution in [1.29, 1.82) is 0 Å². The summed E-state index contributed by atoms with van der Waals surface area (Å²) >= 11 is 0. The lowest BCUT2D eigenvalue weighted by molar-refractivity contribution is 0.294. The minimum absolute atomic E-state index is 0.695. The highest BCUT2D eigenvalue weighted by molar-refractivity contribution is 5.76. The molecule has 0 saturated heterocycles. The van der Waals surface area contributed by atoms with E-state index >= 15 is 0 Å². The fourth-order valence-electron chi connectivity index (χ4n) is 4.86. The summed E-state index contributed by atoms with van der Waals surface area (Å²) in [6, 6.07) is 29.4. The Morgan fingerprint density at radius 3 is 1.13 bits per heavy atom. The first kappa shape index (κ1) is 33.8. The first-order valence-corrected chi connectivity index (χ1v) is 16.9. The third-order valence-corrected chi connectivity index (χ3v) is 7.63. The Kier molecular flexibility index (Phi) is 14.0. The molecule has 0 amide bonds. The number of nitrogens with one attached hydrogen (secondary N) is 1. The maximum atomic E-state index is 6.21. The highest BCUT2D eigenvalue weighted by Gasteiger charge is 2.11. The number of ether oxygens (including phenoxy) is 4. The highest BCUT2D eigenvalue weighted by Crippen LogP contribution is 2.36. The van der Waals surface area contributed by atoms with Gasteiger partial charge < -0.3 is 24.3 Å². The van der Waals surface area contributed by atoms with Crippen molar-refractivity contribution in [3.05, 3.63) is 84.9 Å². The first-order chi connectivity index (χ1) is 22.1. The summed E-state index contributed by atoms with van der Waals surface area (Å²) in [7, 11) is 0. The number of rotatable bonds is 20. The van der Waals surface area contributed by atoms with E-state index in [9.17, 15) is 0 Å². The van der Waals surface area contributed by atoms with Gasteiger partial charge in [0.25, 0.3) is 0 Å². The summed E-state index contributed by atoms with van der Waals surface area (Å²) in [4.78, 5) is 0. The van der Waals surface area contributed by atoms with Crippen LogP contribution < -0.4 is 24.3 Å². The second kappa shape index (κ2) is 18.6. The van der Waals surface area contributed by atoms with Gasteiger partial charge in [-0.3, -0.25) is 0 Å². The smallest absolute Gasteiger partial charge is 0.130 e. The Labute approximate surface area is 270 Å². The molecular weight excluding hydrogens is 558 g/mol. The molecule has 0 unspecified atom stereocenters. The first-order valence-electron chi connectivity index (χ1n) is 16.9. The summed E-state index contributed by atoms with van der Waals surface area (Å²) in [5.41, 5.74) is 6.42. The molecule has 5 nitrogen and oxygen atoms in total. The van der Waals surface area contributed by atoms with Crippen molar-refractivity contribution in [2.75, 3.05) is 31.7 Å². The SMILES string of the molecule is CCCCOc1ccc(-c2ccc(Nc3ccc(-c4ccc(OCCCC)cc4OCCCC)cc3)cc2)c(OCCCC)c1. The molecule has 0 aliphatic rings. The van der Waals surface area contributed by atoms with Gasteiger partial charge in [-0.15, -0.1) is 0 Å². The van der Waals surface area contributed by atoms with Crippen molar-refractivity contribution in [3.63, 3.8) is 0 Å². The van der Waals surface area contributed by atoms with Crippen LogP contribution in [0, 0.1) is 0 Å². The van der Waals surface area contributed by atoms with Crippen LogP contribution in [0.2, 0.25) is 0 Å². The standard InChI is InChI=1S/C40H51NO4/c1-5-9-25-42-35-21-23-37(39(29-35)44-27-11-7-3)31-13-17-33(18-14-31)41-34-19-15-32(16-20-34)38-24-22-36(43-26-10-6-2)30-40(38)45-28-12-8-4/h13-24,29-30,41H,5-12,25-28H2,1-4H3. The summed E-state index contributed by atoms with van der Waals surface area (Å²) in [5, 5.41) is 3.55. The predicted molar refractivity (Wildman–Crippen MR) is 189 cm³/mol. The highest BCUT2D eigenvalue weighted by atomic mass is 16.5. The van der Waals surface area contributed by atoms with Gasteiger partial charge in [0.05, 0.1) is 26.4 Å². The minimum atomic E-state index is 0.695. The molecule has 45 heavy (non-hydrogen) atoms. The molecule has 5 heteroatoms. The molecule has 0 bridgehead atoms. The van der Waals surface area contributed by atoms with E-state index in [0.29, 0.717) is 13.2 Å². The fraction of sp³-hybridized carbons (Fsp3) is 0.400. The van der Waals surface area contributed by atoms with Gasteiger partial charge in [-0.25, -0.2) is 0 Å². The fourth-order valence-corrected chi connectivity index (χ4v) is 4.86. The van der Waals surface area contributed by atoms with E-state index in [1.165, 1.54) is 0 Å². The van der Waals surface area contributed by atoms with E-state index in [4.69, 9.17) is 18.9 Å². The van der Waals surface area contributed by atoms with Gasteiger partial charge >= 0.3 is 0 Å². The topological polar surface area (TPSA) is 49.0 Å². The lowest BCUT2D eigenvalue weighted by Gasteiger charge is -2.15. The Bertz CT molecular complexity index is 1310. The van der Waals surface area contributed by atoms with Gasteiger partial charge in [0.15, 0.2) is 0 Å². The molecule has 4 aromatic carbocycles. The summed E-state index contributed by atoms with van der Waals surface area (Å²) in [5.74, 6) is 3.45. The Morgan fingerprint density at radius 2 is 0.778 bits per heavy atom. The molecule has 1 N–H and O–H groups in total. The monoisotopic (exact) mass is 609 g/mol. The van der Waals surface area contributed by atoms with Crippen LogP contribution in [0.1, 0.15) is 79.1 Å². The molecular formula is C40H51NO4. The van der Waals surface area contributed by atoms with E-state index in [0.717, 1.165) is 121 Å². The quantitative estimate of drug-likeness (QED) is 0.101. The van der Waals surface area contributed by atoms with Crippen LogP contribution in [0.15, 0.2) is 84.9 Å². The molecule has 0 fully saturated rings. The number of benzene rings is 4. The van der Waals surface area contributed by atoms with Crippen LogP contribution >= 0.6 is 0 Å². The Balaban J connectivity index is 1.46. The average Bonchev–Trinajstić information content (AvgIpc) is 3.06. The van der Waals surface area contributed by atoms with E-state index < -0.39 is 0 Å². The lowest BCUT2D eigenvalue weighted by Crippen LogP contribution is -2.01. The molecule has 0 aliphatic carbocycles. The van der Waals surface area contributed by atoms with Crippen molar-refractivity contribution < 1.29 is 18.9 Å². The normalized spacial score (nSPS) is 10.8. The van der Waals surface area contributed by atoms with Gasteiger partial charge in [0.2, 0.25) is 0 Å². The van der Waals surface area contributed by atoms with E-state index in [1.807, 2.05) is 24.3 Å². The molecule has 0 spiro atoms. The largest absolute Gasteiger partial charge is 0.493 e. The lowest BCUT2D eigenvalue weighted by atomic mass is 10.0. The van der Waals surface area contributed by atoms with Gasteiger partial charge in [0, 0.05) is 34.6 Å². The number of anilines is 2. The summed E-state index contributed by atoms with van der Waals surface area (Å²) < 4.78 is 24.3. The van der Waals surface area contributed by atoms with E-state index in [-0.39, 0.29) is 0 Å². The Morgan fingerprint density at radius 1 is 0.422 bits per heavy atom. The molecule has 0 aliphatic heterocycles. The third-order valence-electron chi connectivity index (χ3n) is 7.63. The zero-order valence-corrected chi connectivity index (χ0v) is 27.7. The zero-order valence-electron chi connectivity index (χ0n) is 27.7. The van der Waals surface area contributed by atoms with Crippen molar-refractivity contribution >= 4 is 11.4 Å². The number of hydrogen-bond acceptors (Lipinski definition) is 5. The van der Waals surface area contributed by atoms with E-state index in [1.54, 1.807) is 0 Å². The molecule has 0 aromatic heterocycles. The Hall–Kier alpha value is -4.12. The van der Waals surface area contributed by atoms with Gasteiger partial charge in [0.1, 0.15) is 23.0 Å².